The predicted octanol–water partition coefficient (Wildman–Crippen LogP) is 1.71. The van der Waals surface area contributed by atoms with Crippen molar-refractivity contribution in [2.75, 3.05) is 11.3 Å². The SMILES string of the molecule is CCCNCc1ccc(NS(=O)(=O)c2cn[nH]c2)cc1. The van der Waals surface area contributed by atoms with E-state index >= 15 is 0 Å². The molecule has 2 aromatic rings. The smallest absolute Gasteiger partial charge is 0.265 e. The molecule has 20 heavy (non-hydrogen) atoms. The van der Waals surface area contributed by atoms with E-state index < -0.39 is 10.0 Å². The lowest BCUT2D eigenvalue weighted by Crippen LogP contribution is -2.14. The molecule has 3 N–H and O–H groups in total. The van der Waals surface area contributed by atoms with Gasteiger partial charge in [0.15, 0.2) is 0 Å². The Morgan fingerprint density at radius 2 is 2.00 bits per heavy atom. The highest BCUT2D eigenvalue weighted by Gasteiger charge is 2.14. The highest BCUT2D eigenvalue weighted by Crippen LogP contribution is 2.15. The van der Waals surface area contributed by atoms with Gasteiger partial charge >= 0.3 is 0 Å². The quantitative estimate of drug-likeness (QED) is 0.678. The van der Waals surface area contributed by atoms with Crippen LogP contribution < -0.4 is 10.0 Å². The summed E-state index contributed by atoms with van der Waals surface area (Å²) >= 11 is 0. The Hall–Kier alpha value is -1.86. The Balaban J connectivity index is 2.00. The average Bonchev–Trinajstić information content (AvgIpc) is 2.95. The Kier molecular flexibility index (Phi) is 4.75. The zero-order valence-electron chi connectivity index (χ0n) is 11.3. The molecule has 0 spiro atoms. The third-order valence-electron chi connectivity index (χ3n) is 2.75. The molecule has 6 nitrogen and oxygen atoms in total. The van der Waals surface area contributed by atoms with Crippen molar-refractivity contribution in [3.8, 4) is 0 Å². The lowest BCUT2D eigenvalue weighted by molar-refractivity contribution is 0.601. The van der Waals surface area contributed by atoms with Crippen LogP contribution >= 0.6 is 0 Å². The Labute approximate surface area is 118 Å². The Bertz CT molecular complexity index is 621. The van der Waals surface area contributed by atoms with Crippen LogP contribution in [-0.2, 0) is 16.6 Å². The van der Waals surface area contributed by atoms with Crippen LogP contribution in [0.2, 0.25) is 0 Å². The van der Waals surface area contributed by atoms with Crippen LogP contribution in [0, 0.1) is 0 Å². The van der Waals surface area contributed by atoms with Crippen molar-refractivity contribution in [2.45, 2.75) is 24.8 Å². The normalized spacial score (nSPS) is 11.4. The second-order valence-electron chi connectivity index (χ2n) is 4.41. The zero-order valence-corrected chi connectivity index (χ0v) is 12.1. The molecule has 1 heterocycles. The van der Waals surface area contributed by atoms with Crippen LogP contribution in [0.15, 0.2) is 41.6 Å². The van der Waals surface area contributed by atoms with Crippen LogP contribution in [0.3, 0.4) is 0 Å². The number of aromatic nitrogens is 2. The van der Waals surface area contributed by atoms with E-state index in [1.165, 1.54) is 12.4 Å². The summed E-state index contributed by atoms with van der Waals surface area (Å²) in [6.07, 6.45) is 3.69. The third-order valence-corrected chi connectivity index (χ3v) is 4.09. The highest BCUT2D eigenvalue weighted by atomic mass is 32.2. The van der Waals surface area contributed by atoms with Crippen molar-refractivity contribution < 1.29 is 8.42 Å². The van der Waals surface area contributed by atoms with Crippen molar-refractivity contribution in [3.63, 3.8) is 0 Å². The molecule has 0 aliphatic rings. The summed E-state index contributed by atoms with van der Waals surface area (Å²) in [5, 5.41) is 9.41. The topological polar surface area (TPSA) is 86.9 Å². The van der Waals surface area contributed by atoms with Gasteiger partial charge in [-0.25, -0.2) is 8.42 Å². The summed E-state index contributed by atoms with van der Waals surface area (Å²) in [7, 11) is -3.56. The van der Waals surface area contributed by atoms with Crippen LogP contribution in [0.5, 0.6) is 0 Å². The first-order chi connectivity index (χ1) is 9.62. The largest absolute Gasteiger partial charge is 0.313 e. The van der Waals surface area contributed by atoms with E-state index in [1.807, 2.05) is 12.1 Å². The number of nitrogens with zero attached hydrogens (tertiary/aromatic N) is 1. The number of benzene rings is 1. The molecule has 0 aliphatic heterocycles. The van der Waals surface area contributed by atoms with E-state index in [9.17, 15) is 8.42 Å². The van der Waals surface area contributed by atoms with Gasteiger partial charge in [-0.3, -0.25) is 9.82 Å². The van der Waals surface area contributed by atoms with Crippen LogP contribution in [0.1, 0.15) is 18.9 Å². The molecule has 0 bridgehead atoms. The van der Waals surface area contributed by atoms with Crippen molar-refractivity contribution in [3.05, 3.63) is 42.2 Å². The summed E-state index contributed by atoms with van der Waals surface area (Å²) in [5.74, 6) is 0. The van der Waals surface area contributed by atoms with Gasteiger partial charge in [0.2, 0.25) is 0 Å². The summed E-state index contributed by atoms with van der Waals surface area (Å²) in [6, 6.07) is 7.30. The van der Waals surface area contributed by atoms with Gasteiger partial charge in [-0.1, -0.05) is 19.1 Å². The van der Waals surface area contributed by atoms with Gasteiger partial charge in [-0.2, -0.15) is 5.10 Å². The summed E-state index contributed by atoms with van der Waals surface area (Å²) in [6.45, 7) is 3.86. The minimum Gasteiger partial charge on any atom is -0.313 e. The first kappa shape index (κ1) is 14.5. The number of hydrogen-bond acceptors (Lipinski definition) is 4. The van der Waals surface area contributed by atoms with Gasteiger partial charge in [0.05, 0.1) is 6.20 Å². The first-order valence-corrected chi connectivity index (χ1v) is 7.91. The Morgan fingerprint density at radius 3 is 2.60 bits per heavy atom. The number of hydrogen-bond donors (Lipinski definition) is 3. The molecule has 0 amide bonds. The lowest BCUT2D eigenvalue weighted by Gasteiger charge is -2.08. The van der Waals surface area contributed by atoms with Crippen molar-refractivity contribution >= 4 is 15.7 Å². The standard InChI is InChI=1S/C13H18N4O2S/c1-2-7-14-8-11-3-5-12(6-4-11)17-20(18,19)13-9-15-16-10-13/h3-6,9-10,14,17H,2,7-8H2,1H3,(H,15,16). The van der Waals surface area contributed by atoms with Gasteiger partial charge in [-0.15, -0.1) is 0 Å². The molecule has 2 rings (SSSR count). The monoisotopic (exact) mass is 294 g/mol. The van der Waals surface area contributed by atoms with Gasteiger partial charge in [-0.05, 0) is 30.7 Å². The summed E-state index contributed by atoms with van der Waals surface area (Å²) < 4.78 is 26.5. The molecule has 1 aromatic carbocycles. The van der Waals surface area contributed by atoms with Gasteiger partial charge in [0, 0.05) is 18.4 Å². The van der Waals surface area contributed by atoms with E-state index in [1.54, 1.807) is 12.1 Å². The lowest BCUT2D eigenvalue weighted by atomic mass is 10.2. The van der Waals surface area contributed by atoms with Gasteiger partial charge < -0.3 is 5.32 Å². The van der Waals surface area contributed by atoms with Gasteiger partial charge in [0.1, 0.15) is 4.90 Å². The second-order valence-corrected chi connectivity index (χ2v) is 6.10. The number of H-pyrrole nitrogens is 1. The maximum Gasteiger partial charge on any atom is 0.265 e. The fourth-order valence-electron chi connectivity index (χ4n) is 1.70. The molecule has 0 atom stereocenters. The molecule has 0 aliphatic carbocycles. The second kappa shape index (κ2) is 6.53. The number of anilines is 1. The minimum atomic E-state index is -3.56. The molecule has 0 fully saturated rings. The van der Waals surface area contributed by atoms with E-state index in [4.69, 9.17) is 0 Å². The van der Waals surface area contributed by atoms with Crippen molar-refractivity contribution in [2.24, 2.45) is 0 Å². The molecule has 0 saturated heterocycles. The highest BCUT2D eigenvalue weighted by molar-refractivity contribution is 7.92. The first-order valence-electron chi connectivity index (χ1n) is 6.43. The molecule has 1 aromatic heterocycles. The van der Waals surface area contributed by atoms with Crippen molar-refractivity contribution in [1.29, 1.82) is 0 Å². The summed E-state index contributed by atoms with van der Waals surface area (Å²) in [4.78, 5) is 0.117. The molecular formula is C13H18N4O2S. The molecule has 0 radical (unpaired) electrons. The third kappa shape index (κ3) is 3.82. The average molecular weight is 294 g/mol. The fourth-order valence-corrected chi connectivity index (χ4v) is 2.66. The van der Waals surface area contributed by atoms with E-state index in [0.717, 1.165) is 25.1 Å². The predicted molar refractivity (Wildman–Crippen MR) is 77.8 cm³/mol. The Morgan fingerprint density at radius 1 is 1.25 bits per heavy atom. The fraction of sp³-hybridized carbons (Fsp3) is 0.308. The number of aromatic amines is 1. The van der Waals surface area contributed by atoms with Crippen LogP contribution in [0.4, 0.5) is 5.69 Å². The van der Waals surface area contributed by atoms with Crippen molar-refractivity contribution in [1.82, 2.24) is 15.5 Å². The molecule has 7 heteroatoms. The van der Waals surface area contributed by atoms with E-state index in [-0.39, 0.29) is 4.90 Å². The van der Waals surface area contributed by atoms with Crippen LogP contribution in [0.25, 0.3) is 0 Å². The molecular weight excluding hydrogens is 276 g/mol. The maximum atomic E-state index is 12.0. The number of rotatable bonds is 7. The zero-order chi connectivity index (χ0) is 14.4. The molecule has 0 saturated carbocycles. The van der Waals surface area contributed by atoms with Crippen LogP contribution in [-0.4, -0.2) is 25.2 Å². The minimum absolute atomic E-state index is 0.117. The van der Waals surface area contributed by atoms with E-state index in [0.29, 0.717) is 5.69 Å². The maximum absolute atomic E-state index is 12.0. The molecule has 108 valence electrons. The summed E-state index contributed by atoms with van der Waals surface area (Å²) in [5.41, 5.74) is 1.65. The number of nitrogens with one attached hydrogen (secondary N) is 3. The van der Waals surface area contributed by atoms with E-state index in [2.05, 4.69) is 27.2 Å². The van der Waals surface area contributed by atoms with Gasteiger partial charge in [0.25, 0.3) is 10.0 Å². The molecule has 0 unspecified atom stereocenters. The number of sulfonamides is 1.